The van der Waals surface area contributed by atoms with Gasteiger partial charge in [-0.05, 0) is 48.3 Å². The number of nitrogens with two attached hydrogens (primary N) is 1. The van der Waals surface area contributed by atoms with E-state index in [0.29, 0.717) is 5.56 Å². The highest BCUT2D eigenvalue weighted by Gasteiger charge is 2.25. The molecule has 0 aliphatic rings. The molecule has 226 valence electrons. The van der Waals surface area contributed by atoms with Crippen LogP contribution in [0.4, 0.5) is 4.79 Å². The molecule has 0 saturated heterocycles. The maximum atomic E-state index is 12.7. The van der Waals surface area contributed by atoms with Crippen molar-refractivity contribution in [3.63, 3.8) is 0 Å². The molecule has 10 nitrogen and oxygen atoms in total. The molecule has 4 atom stereocenters. The predicted molar refractivity (Wildman–Crippen MR) is 150 cm³/mol. The molecule has 0 aliphatic carbocycles. The van der Waals surface area contributed by atoms with Crippen LogP contribution in [0.3, 0.4) is 0 Å². The molecule has 2 N–H and O–H groups in total. The summed E-state index contributed by atoms with van der Waals surface area (Å²) >= 11 is 0. The van der Waals surface area contributed by atoms with E-state index in [1.165, 1.54) is 12.1 Å². The van der Waals surface area contributed by atoms with Crippen LogP contribution in [0, 0.1) is 29.1 Å². The highest BCUT2D eigenvalue weighted by molar-refractivity contribution is 5.79. The second-order valence-corrected chi connectivity index (χ2v) is 12.2. The molecule has 0 saturated carbocycles. The molecule has 1 aromatic carbocycles. The average Bonchev–Trinajstić information content (AvgIpc) is 2.85. The third-order valence-corrected chi connectivity index (χ3v) is 6.31. The number of hydrogen-bond donors (Lipinski definition) is 1. The zero-order valence-corrected chi connectivity index (χ0v) is 25.6. The number of benzene rings is 1. The van der Waals surface area contributed by atoms with Crippen LogP contribution in [0.15, 0.2) is 18.2 Å². The van der Waals surface area contributed by atoms with E-state index >= 15 is 0 Å². The summed E-state index contributed by atoms with van der Waals surface area (Å²) in [5.41, 5.74) is 6.42. The van der Waals surface area contributed by atoms with Gasteiger partial charge >= 0.3 is 24.1 Å². The van der Waals surface area contributed by atoms with E-state index in [1.54, 1.807) is 26.8 Å². The Hall–Kier alpha value is -3.14. The summed E-state index contributed by atoms with van der Waals surface area (Å²) in [6, 6.07) is 3.63. The number of ether oxygens (including phenoxy) is 5. The number of carbonyl (C=O) groups is 4. The summed E-state index contributed by atoms with van der Waals surface area (Å²) in [6.45, 7) is 18.4. The Bertz CT molecular complexity index is 1010. The summed E-state index contributed by atoms with van der Waals surface area (Å²) in [6.07, 6.45) is -1.53. The molecule has 0 heterocycles. The summed E-state index contributed by atoms with van der Waals surface area (Å²) in [5.74, 6) is -2.12. The summed E-state index contributed by atoms with van der Waals surface area (Å²) in [5, 5.41) is 0. The zero-order chi connectivity index (χ0) is 30.8. The van der Waals surface area contributed by atoms with Crippen LogP contribution >= 0.6 is 0 Å². The molecule has 40 heavy (non-hydrogen) atoms. The van der Waals surface area contributed by atoms with Gasteiger partial charge in [-0.25, -0.2) is 4.79 Å². The maximum Gasteiger partial charge on any atom is 0.508 e. The lowest BCUT2D eigenvalue weighted by atomic mass is 9.98. The quantitative estimate of drug-likeness (QED) is 0.254. The Morgan fingerprint density at radius 1 is 0.775 bits per heavy atom. The minimum absolute atomic E-state index is 0.0394. The monoisotopic (exact) mass is 565 g/mol. The van der Waals surface area contributed by atoms with Crippen LogP contribution in [0.25, 0.3) is 0 Å². The van der Waals surface area contributed by atoms with Crippen molar-refractivity contribution in [1.82, 2.24) is 0 Å². The number of rotatable bonds is 13. The summed E-state index contributed by atoms with van der Waals surface area (Å²) in [4.78, 5) is 49.6. The highest BCUT2D eigenvalue weighted by Crippen LogP contribution is 2.31. The molecule has 0 radical (unpaired) electrons. The van der Waals surface area contributed by atoms with Gasteiger partial charge in [0.2, 0.25) is 0 Å². The van der Waals surface area contributed by atoms with Gasteiger partial charge in [0.25, 0.3) is 0 Å². The molecule has 0 amide bonds. The molecule has 0 spiro atoms. The van der Waals surface area contributed by atoms with Crippen LogP contribution in [-0.4, -0.2) is 49.4 Å². The van der Waals surface area contributed by atoms with Gasteiger partial charge in [0.1, 0.15) is 18.8 Å². The molecule has 0 aliphatic heterocycles. The molecule has 2 unspecified atom stereocenters. The second kappa shape index (κ2) is 15.6. The summed E-state index contributed by atoms with van der Waals surface area (Å²) < 4.78 is 26.5. The fourth-order valence-electron chi connectivity index (χ4n) is 2.94. The van der Waals surface area contributed by atoms with E-state index in [1.807, 2.05) is 48.5 Å². The Balaban J connectivity index is 2.90. The largest absolute Gasteiger partial charge is 0.508 e. The smallest absolute Gasteiger partial charge is 0.461 e. The van der Waals surface area contributed by atoms with Crippen molar-refractivity contribution in [3.8, 4) is 11.5 Å². The third kappa shape index (κ3) is 12.4. The third-order valence-electron chi connectivity index (χ3n) is 6.31. The fraction of sp³-hybridized carbons (Fsp3) is 0.667. The molecule has 1 rings (SSSR count). The number of carbonyl (C=O) groups excluding carboxylic acids is 4. The van der Waals surface area contributed by atoms with Crippen molar-refractivity contribution < 1.29 is 42.9 Å². The Kier molecular flexibility index (Phi) is 13.6. The normalized spacial score (nSPS) is 14.6. The molecule has 0 bridgehead atoms. The first-order valence-electron chi connectivity index (χ1n) is 13.7. The van der Waals surface area contributed by atoms with Gasteiger partial charge in [0, 0.05) is 0 Å². The Morgan fingerprint density at radius 2 is 1.30 bits per heavy atom. The zero-order valence-electron chi connectivity index (χ0n) is 25.6. The fourth-order valence-corrected chi connectivity index (χ4v) is 2.94. The van der Waals surface area contributed by atoms with Gasteiger partial charge in [0.05, 0.1) is 18.4 Å². The van der Waals surface area contributed by atoms with Gasteiger partial charge in [-0.15, -0.1) is 0 Å². The second-order valence-electron chi connectivity index (χ2n) is 12.2. The van der Waals surface area contributed by atoms with Gasteiger partial charge in [0.15, 0.2) is 11.5 Å². The molecular weight excluding hydrogens is 518 g/mol. The maximum absolute atomic E-state index is 12.7. The lowest BCUT2D eigenvalue weighted by Crippen LogP contribution is -2.36. The molecular formula is C30H47NO9. The van der Waals surface area contributed by atoms with Crippen LogP contribution in [0.5, 0.6) is 11.5 Å². The average molecular weight is 566 g/mol. The van der Waals surface area contributed by atoms with E-state index in [9.17, 15) is 19.2 Å². The van der Waals surface area contributed by atoms with E-state index in [4.69, 9.17) is 29.4 Å². The van der Waals surface area contributed by atoms with Crippen molar-refractivity contribution in [1.29, 1.82) is 0 Å². The minimum Gasteiger partial charge on any atom is -0.461 e. The van der Waals surface area contributed by atoms with Gasteiger partial charge in [-0.2, -0.15) is 0 Å². The van der Waals surface area contributed by atoms with Gasteiger partial charge < -0.3 is 29.4 Å². The highest BCUT2D eigenvalue weighted by atomic mass is 16.7. The van der Waals surface area contributed by atoms with Crippen molar-refractivity contribution in [2.24, 2.45) is 34.8 Å². The first-order chi connectivity index (χ1) is 18.4. The minimum atomic E-state index is -1.05. The van der Waals surface area contributed by atoms with Crippen LogP contribution < -0.4 is 15.2 Å². The van der Waals surface area contributed by atoms with Crippen LogP contribution in [0.1, 0.15) is 74.8 Å². The first-order valence-corrected chi connectivity index (χ1v) is 13.7. The lowest BCUT2D eigenvalue weighted by Gasteiger charge is -2.20. The van der Waals surface area contributed by atoms with Crippen molar-refractivity contribution in [3.05, 3.63) is 23.8 Å². The van der Waals surface area contributed by atoms with E-state index < -0.39 is 42.1 Å². The predicted octanol–water partition coefficient (Wildman–Crippen LogP) is 5.08. The topological polar surface area (TPSA) is 140 Å². The van der Waals surface area contributed by atoms with Crippen LogP contribution in [0.2, 0.25) is 0 Å². The molecule has 10 heteroatoms. The van der Waals surface area contributed by atoms with E-state index in [0.717, 1.165) is 0 Å². The molecule has 0 aromatic heterocycles. The van der Waals surface area contributed by atoms with Crippen molar-refractivity contribution >= 4 is 24.1 Å². The number of esters is 3. The molecule has 1 aromatic rings. The van der Waals surface area contributed by atoms with Crippen molar-refractivity contribution in [2.45, 2.75) is 87.8 Å². The Labute approximate surface area is 238 Å². The van der Waals surface area contributed by atoms with Gasteiger partial charge in [-0.3, -0.25) is 14.4 Å². The first kappa shape index (κ1) is 34.9. The van der Waals surface area contributed by atoms with Gasteiger partial charge in [-0.1, -0.05) is 68.4 Å². The number of hydrogen-bond acceptors (Lipinski definition) is 10. The lowest BCUT2D eigenvalue weighted by molar-refractivity contribution is -0.148. The van der Waals surface area contributed by atoms with Crippen LogP contribution in [-0.2, 0) is 35.0 Å². The standard InChI is InChI=1S/C30H47NO9/c1-17(2)20(6)26(32)39-24-12-11-22(14-25(24)40-27(33)21(7)18(3)4)13-23(31)28(34)36-15-19(5)38-29(35)37-16-30(8,9)10/h11-12,14,17-21,23H,13,15-16,31H2,1-10H3/t19-,20?,21?,23-/m0/s1. The van der Waals surface area contributed by atoms with Crippen molar-refractivity contribution in [2.75, 3.05) is 13.2 Å². The summed E-state index contributed by atoms with van der Waals surface area (Å²) in [7, 11) is 0. The SMILES string of the molecule is CC(C)C(C)C(=O)Oc1ccc(C[C@H](N)C(=O)OC[C@H](C)OC(=O)OCC(C)(C)C)cc1OC(=O)C(C)C(C)C. The molecule has 0 fully saturated rings. The van der Waals surface area contributed by atoms with E-state index in [-0.39, 0.29) is 54.3 Å². The van der Waals surface area contributed by atoms with E-state index in [2.05, 4.69) is 0 Å². The Morgan fingerprint density at radius 3 is 1.80 bits per heavy atom.